The molecule has 1 aromatic carbocycles. The number of hydrogen-bond acceptors (Lipinski definition) is 3. The number of benzene rings is 1. The molecule has 146 valence electrons. The molecule has 0 amide bonds. The minimum Gasteiger partial charge on any atom is -0.497 e. The minimum atomic E-state index is 0.783. The average Bonchev–Trinajstić information content (AvgIpc) is 3.06. The first-order chi connectivity index (χ1) is 13.2. The summed E-state index contributed by atoms with van der Waals surface area (Å²) in [5, 5.41) is 6.32. The maximum atomic E-state index is 5.77. The molecule has 27 heavy (non-hydrogen) atoms. The van der Waals surface area contributed by atoms with Crippen molar-refractivity contribution in [3.63, 3.8) is 0 Å². The van der Waals surface area contributed by atoms with Gasteiger partial charge < -0.3 is 19.9 Å². The van der Waals surface area contributed by atoms with Gasteiger partial charge in [-0.3, -0.25) is 0 Å². The van der Waals surface area contributed by atoms with Crippen LogP contribution in [0, 0.1) is 0 Å². The van der Waals surface area contributed by atoms with Gasteiger partial charge in [-0.15, -0.1) is 11.3 Å². The summed E-state index contributed by atoms with van der Waals surface area (Å²) >= 11 is 7.56. The first-order valence-electron chi connectivity index (χ1n) is 9.80. The zero-order valence-electron chi connectivity index (χ0n) is 16.1. The fourth-order valence-electron chi connectivity index (χ4n) is 3.52. The zero-order chi connectivity index (χ0) is 18.9. The molecule has 0 saturated carbocycles. The van der Waals surface area contributed by atoms with Crippen molar-refractivity contribution in [1.29, 1.82) is 0 Å². The Morgan fingerprint density at radius 2 is 2.00 bits per heavy atom. The average molecular weight is 405 g/mol. The zero-order valence-corrected chi connectivity index (χ0v) is 17.7. The number of nitrogens with zero attached hydrogens (tertiary/aromatic N) is 1. The van der Waals surface area contributed by atoms with E-state index in [4.69, 9.17) is 17.0 Å². The predicted octanol–water partition coefficient (Wildman–Crippen LogP) is 3.41. The van der Waals surface area contributed by atoms with Gasteiger partial charge in [0.1, 0.15) is 5.75 Å². The molecule has 0 bridgehead atoms. The van der Waals surface area contributed by atoms with Gasteiger partial charge in [-0.05, 0) is 61.5 Å². The van der Waals surface area contributed by atoms with E-state index in [1.807, 2.05) is 24.3 Å². The van der Waals surface area contributed by atoms with Crippen LogP contribution in [0.5, 0.6) is 5.75 Å². The lowest BCUT2D eigenvalue weighted by molar-refractivity contribution is -0.898. The minimum absolute atomic E-state index is 0.783. The predicted molar refractivity (Wildman–Crippen MR) is 118 cm³/mol. The molecule has 0 spiro atoms. The second-order valence-electron chi connectivity index (χ2n) is 7.08. The Morgan fingerprint density at radius 1 is 1.19 bits per heavy atom. The Hall–Kier alpha value is -1.63. The molecule has 0 aliphatic carbocycles. The molecule has 3 rings (SSSR count). The van der Waals surface area contributed by atoms with Crippen LogP contribution >= 0.6 is 23.6 Å². The highest BCUT2D eigenvalue weighted by atomic mass is 32.1. The smallest absolute Gasteiger partial charge is 0.173 e. The molecule has 0 radical (unpaired) electrons. The molecule has 1 aromatic heterocycles. The number of nitrogens with one attached hydrogen (secondary N) is 2. The van der Waals surface area contributed by atoms with Gasteiger partial charge in [0, 0.05) is 16.6 Å². The highest BCUT2D eigenvalue weighted by molar-refractivity contribution is 7.80. The second-order valence-corrected chi connectivity index (χ2v) is 8.50. The van der Waals surface area contributed by atoms with E-state index in [1.165, 1.54) is 43.6 Å². The van der Waals surface area contributed by atoms with Crippen LogP contribution < -0.4 is 15.0 Å². The molecule has 6 heteroatoms. The summed E-state index contributed by atoms with van der Waals surface area (Å²) in [7, 11) is 1.69. The molecule has 1 aliphatic rings. The maximum absolute atomic E-state index is 5.77. The molecular weight excluding hydrogens is 374 g/mol. The van der Waals surface area contributed by atoms with Gasteiger partial charge in [-0.25, -0.2) is 0 Å². The molecular formula is C21H30N3OS2+. The normalized spacial score (nSPS) is 15.1. The van der Waals surface area contributed by atoms with Gasteiger partial charge in [0.25, 0.3) is 0 Å². The van der Waals surface area contributed by atoms with Crippen molar-refractivity contribution in [2.75, 3.05) is 38.6 Å². The molecule has 2 heterocycles. The number of ether oxygens (including phenoxy) is 1. The number of anilines is 1. The van der Waals surface area contributed by atoms with Crippen LogP contribution in [0.4, 0.5) is 5.69 Å². The third kappa shape index (κ3) is 6.48. The highest BCUT2D eigenvalue weighted by Crippen LogP contribution is 2.18. The topological polar surface area (TPSA) is 28.9 Å². The van der Waals surface area contributed by atoms with E-state index in [2.05, 4.69) is 27.7 Å². The third-order valence-corrected chi connectivity index (χ3v) is 6.30. The fourth-order valence-corrected chi connectivity index (χ4v) is 4.51. The summed E-state index contributed by atoms with van der Waals surface area (Å²) in [6, 6.07) is 12.2. The van der Waals surface area contributed by atoms with Crippen molar-refractivity contribution in [3.8, 4) is 5.75 Å². The fraction of sp³-hybridized carbons (Fsp3) is 0.476. The molecule has 1 aliphatic heterocycles. The molecule has 0 atom stereocenters. The molecule has 1 fully saturated rings. The van der Waals surface area contributed by atoms with Crippen molar-refractivity contribution >= 4 is 34.4 Å². The van der Waals surface area contributed by atoms with Gasteiger partial charge in [0.15, 0.2) is 5.11 Å². The molecule has 2 N–H and O–H groups in total. The number of rotatable bonds is 7. The van der Waals surface area contributed by atoms with E-state index in [0.29, 0.717) is 0 Å². The van der Waals surface area contributed by atoms with Crippen LogP contribution in [0.1, 0.15) is 30.6 Å². The van der Waals surface area contributed by atoms with E-state index >= 15 is 0 Å². The van der Waals surface area contributed by atoms with Crippen LogP contribution in [0.3, 0.4) is 0 Å². The number of thiophene rings is 1. The van der Waals surface area contributed by atoms with Crippen LogP contribution in [0.15, 0.2) is 41.8 Å². The Labute approximate surface area is 172 Å². The molecule has 1 saturated heterocycles. The maximum Gasteiger partial charge on any atom is 0.173 e. The van der Waals surface area contributed by atoms with E-state index in [-0.39, 0.29) is 0 Å². The van der Waals surface area contributed by atoms with E-state index in [9.17, 15) is 0 Å². The number of methoxy groups -OCH3 is 1. The van der Waals surface area contributed by atoms with Crippen molar-refractivity contribution in [1.82, 2.24) is 4.90 Å². The second kappa shape index (κ2) is 10.6. The Bertz CT molecular complexity index is 697. The lowest BCUT2D eigenvalue weighted by atomic mass is 10.2. The van der Waals surface area contributed by atoms with Crippen LogP contribution in [0.2, 0.25) is 0 Å². The largest absolute Gasteiger partial charge is 0.497 e. The SMILES string of the molecule is COc1cccc(NC(=S)N(CC[NH+]2CCCCCC2)Cc2cccs2)c1. The van der Waals surface area contributed by atoms with E-state index in [1.54, 1.807) is 23.3 Å². The summed E-state index contributed by atoms with van der Waals surface area (Å²) in [4.78, 5) is 5.36. The van der Waals surface area contributed by atoms with E-state index in [0.717, 1.165) is 36.2 Å². The van der Waals surface area contributed by atoms with Crippen LogP contribution in [0.25, 0.3) is 0 Å². The van der Waals surface area contributed by atoms with Crippen molar-refractivity contribution in [3.05, 3.63) is 46.7 Å². The number of likely N-dealkylation sites (tertiary alicyclic amines) is 1. The quantitative estimate of drug-likeness (QED) is 0.692. The van der Waals surface area contributed by atoms with Gasteiger partial charge in [0.2, 0.25) is 0 Å². The van der Waals surface area contributed by atoms with Crippen molar-refractivity contribution in [2.24, 2.45) is 0 Å². The number of quaternary nitrogens is 1. The molecule has 0 unspecified atom stereocenters. The van der Waals surface area contributed by atoms with Crippen molar-refractivity contribution in [2.45, 2.75) is 32.2 Å². The van der Waals surface area contributed by atoms with Gasteiger partial charge in [0.05, 0.1) is 39.8 Å². The van der Waals surface area contributed by atoms with Crippen molar-refractivity contribution < 1.29 is 9.64 Å². The summed E-state index contributed by atoms with van der Waals surface area (Å²) in [5.74, 6) is 0.835. The standard InChI is InChI=1S/C21H29N3OS2/c1-25-19-9-6-8-18(16-19)22-21(26)24(17-20-10-7-15-27-20)14-13-23-11-4-2-3-5-12-23/h6-10,15-16H,2-5,11-14,17H2,1H3,(H,22,26)/p+1. The molecule has 2 aromatic rings. The lowest BCUT2D eigenvalue weighted by Gasteiger charge is -2.27. The first-order valence-corrected chi connectivity index (χ1v) is 11.1. The molecule has 4 nitrogen and oxygen atoms in total. The monoisotopic (exact) mass is 404 g/mol. The summed E-state index contributed by atoms with van der Waals surface area (Å²) in [5.41, 5.74) is 0.970. The van der Waals surface area contributed by atoms with Gasteiger partial charge in [-0.2, -0.15) is 0 Å². The van der Waals surface area contributed by atoms with Crippen LogP contribution in [-0.2, 0) is 6.54 Å². The summed E-state index contributed by atoms with van der Waals surface area (Å²) < 4.78 is 5.32. The third-order valence-electron chi connectivity index (χ3n) is 5.08. The van der Waals surface area contributed by atoms with Gasteiger partial charge in [-0.1, -0.05) is 12.1 Å². The lowest BCUT2D eigenvalue weighted by Crippen LogP contribution is -3.12. The first kappa shape index (κ1) is 20.1. The Balaban J connectivity index is 1.63. The number of thiocarbonyl (C=S) groups is 1. The highest BCUT2D eigenvalue weighted by Gasteiger charge is 2.17. The summed E-state index contributed by atoms with van der Waals surface area (Å²) in [6.07, 6.45) is 5.48. The van der Waals surface area contributed by atoms with Crippen LogP contribution in [-0.4, -0.2) is 43.3 Å². The number of hydrogen-bond donors (Lipinski definition) is 2. The Kier molecular flexibility index (Phi) is 7.93. The van der Waals surface area contributed by atoms with Gasteiger partial charge >= 0.3 is 0 Å². The van der Waals surface area contributed by atoms with E-state index < -0.39 is 0 Å². The summed E-state index contributed by atoms with van der Waals surface area (Å²) in [6.45, 7) is 5.57. The Morgan fingerprint density at radius 3 is 2.70 bits per heavy atom.